The number of benzene rings is 2. The summed E-state index contributed by atoms with van der Waals surface area (Å²) in [6.45, 7) is 4.63. The van der Waals surface area contributed by atoms with E-state index in [9.17, 15) is 5.11 Å². The van der Waals surface area contributed by atoms with Crippen molar-refractivity contribution < 1.29 is 9.84 Å². The molecule has 2 nitrogen and oxygen atoms in total. The highest BCUT2D eigenvalue weighted by Gasteiger charge is 2.51. The van der Waals surface area contributed by atoms with Gasteiger partial charge in [0.25, 0.3) is 0 Å². The average Bonchev–Trinajstić information content (AvgIpc) is 3.31. The van der Waals surface area contributed by atoms with Gasteiger partial charge in [-0.2, -0.15) is 0 Å². The van der Waals surface area contributed by atoms with Crippen molar-refractivity contribution in [3.05, 3.63) is 65.2 Å². The molecule has 1 fully saturated rings. The second-order valence-electron chi connectivity index (χ2n) is 5.90. The number of hydrogen-bond donors (Lipinski definition) is 1. The van der Waals surface area contributed by atoms with Gasteiger partial charge < -0.3 is 9.84 Å². The normalized spacial score (nSPS) is 17.3. The molecule has 2 aromatic rings. The lowest BCUT2D eigenvalue weighted by Crippen LogP contribution is -2.19. The predicted octanol–water partition coefficient (Wildman–Crippen LogP) is 4.16. The van der Waals surface area contributed by atoms with Crippen LogP contribution < -0.4 is 4.74 Å². The van der Waals surface area contributed by atoms with Crippen LogP contribution in [0.4, 0.5) is 0 Å². The van der Waals surface area contributed by atoms with Crippen LogP contribution in [0.5, 0.6) is 5.75 Å². The molecule has 2 heteroatoms. The van der Waals surface area contributed by atoms with Crippen LogP contribution in [-0.4, -0.2) is 11.7 Å². The van der Waals surface area contributed by atoms with Crippen LogP contribution >= 0.6 is 0 Å². The lowest BCUT2D eigenvalue weighted by atomic mass is 9.85. The van der Waals surface area contributed by atoms with Crippen molar-refractivity contribution >= 4 is 0 Å². The second kappa shape index (κ2) is 5.53. The van der Waals surface area contributed by atoms with E-state index in [2.05, 4.69) is 18.2 Å². The van der Waals surface area contributed by atoms with E-state index in [0.717, 1.165) is 29.7 Å². The van der Waals surface area contributed by atoms with Crippen LogP contribution in [-0.2, 0) is 5.41 Å². The van der Waals surface area contributed by atoms with Crippen LogP contribution in [0.25, 0.3) is 0 Å². The number of rotatable bonds is 5. The first-order chi connectivity index (χ1) is 10.2. The first-order valence-corrected chi connectivity index (χ1v) is 7.64. The zero-order valence-electron chi connectivity index (χ0n) is 12.7. The Kier molecular flexibility index (Phi) is 3.73. The summed E-state index contributed by atoms with van der Waals surface area (Å²) in [6.07, 6.45) is 1.54. The van der Waals surface area contributed by atoms with Gasteiger partial charge in [-0.05, 0) is 44.4 Å². The molecule has 0 aromatic heterocycles. The Morgan fingerprint density at radius 2 is 1.86 bits per heavy atom. The Hall–Kier alpha value is -1.80. The van der Waals surface area contributed by atoms with Crippen molar-refractivity contribution in [2.75, 3.05) is 6.61 Å². The Bertz CT molecular complexity index is 615. The zero-order chi connectivity index (χ0) is 14.9. The van der Waals surface area contributed by atoms with Crippen molar-refractivity contribution in [3.63, 3.8) is 0 Å². The maximum Gasteiger partial charge on any atom is 0.125 e. The fourth-order valence-electron chi connectivity index (χ4n) is 3.09. The molecule has 0 saturated heterocycles. The van der Waals surface area contributed by atoms with E-state index in [0.29, 0.717) is 6.61 Å². The molecule has 1 unspecified atom stereocenters. The quantitative estimate of drug-likeness (QED) is 0.892. The maximum absolute atomic E-state index is 11.0. The first kappa shape index (κ1) is 14.2. The van der Waals surface area contributed by atoms with Crippen LogP contribution in [0.1, 0.15) is 42.6 Å². The van der Waals surface area contributed by atoms with E-state index < -0.39 is 6.10 Å². The topological polar surface area (TPSA) is 29.5 Å². The molecular weight excluding hydrogens is 260 g/mol. The standard InChI is InChI=1S/C19H22O2/c1-3-21-17-10-9-14(2)13-16(17)18(20)19(11-12-19)15-7-5-4-6-8-15/h4-10,13,18,20H,3,11-12H2,1-2H3. The van der Waals surface area contributed by atoms with Crippen molar-refractivity contribution in [1.29, 1.82) is 0 Å². The number of ether oxygens (including phenoxy) is 1. The van der Waals surface area contributed by atoms with Gasteiger partial charge >= 0.3 is 0 Å². The lowest BCUT2D eigenvalue weighted by molar-refractivity contribution is 0.128. The Morgan fingerprint density at radius 1 is 1.14 bits per heavy atom. The fourth-order valence-corrected chi connectivity index (χ4v) is 3.09. The van der Waals surface area contributed by atoms with Gasteiger partial charge in [0.1, 0.15) is 5.75 Å². The van der Waals surface area contributed by atoms with Gasteiger partial charge in [-0.15, -0.1) is 0 Å². The highest BCUT2D eigenvalue weighted by Crippen LogP contribution is 2.57. The van der Waals surface area contributed by atoms with Gasteiger partial charge in [0.05, 0.1) is 12.7 Å². The minimum Gasteiger partial charge on any atom is -0.493 e. The molecule has 1 aliphatic rings. The molecule has 1 saturated carbocycles. The van der Waals surface area contributed by atoms with E-state index in [1.165, 1.54) is 5.56 Å². The molecule has 0 spiro atoms. The van der Waals surface area contributed by atoms with Gasteiger partial charge in [0, 0.05) is 11.0 Å². The zero-order valence-corrected chi connectivity index (χ0v) is 12.7. The third-order valence-electron chi connectivity index (χ3n) is 4.42. The van der Waals surface area contributed by atoms with Crippen LogP contribution in [0.15, 0.2) is 48.5 Å². The molecule has 1 atom stereocenters. The van der Waals surface area contributed by atoms with Gasteiger partial charge in [-0.25, -0.2) is 0 Å². The third-order valence-corrected chi connectivity index (χ3v) is 4.42. The summed E-state index contributed by atoms with van der Waals surface area (Å²) in [7, 11) is 0. The molecule has 110 valence electrons. The number of aryl methyl sites for hydroxylation is 1. The van der Waals surface area contributed by atoms with Crippen LogP contribution in [0.3, 0.4) is 0 Å². The maximum atomic E-state index is 11.0. The van der Waals surface area contributed by atoms with E-state index in [4.69, 9.17) is 4.74 Å². The largest absolute Gasteiger partial charge is 0.493 e. The molecule has 2 aromatic carbocycles. The van der Waals surface area contributed by atoms with E-state index in [1.807, 2.05) is 44.2 Å². The molecular formula is C19H22O2. The smallest absolute Gasteiger partial charge is 0.125 e. The monoisotopic (exact) mass is 282 g/mol. The first-order valence-electron chi connectivity index (χ1n) is 7.64. The van der Waals surface area contributed by atoms with Crippen molar-refractivity contribution in [2.24, 2.45) is 0 Å². The minimum atomic E-state index is -0.513. The summed E-state index contributed by atoms with van der Waals surface area (Å²) >= 11 is 0. The molecule has 0 amide bonds. The van der Waals surface area contributed by atoms with E-state index in [1.54, 1.807) is 0 Å². The van der Waals surface area contributed by atoms with Gasteiger partial charge in [-0.3, -0.25) is 0 Å². The van der Waals surface area contributed by atoms with Crippen LogP contribution in [0, 0.1) is 6.92 Å². The van der Waals surface area contributed by atoms with Gasteiger partial charge in [-0.1, -0.05) is 42.0 Å². The molecule has 0 bridgehead atoms. The van der Waals surface area contributed by atoms with Crippen LogP contribution in [0.2, 0.25) is 0 Å². The molecule has 21 heavy (non-hydrogen) atoms. The Balaban J connectivity index is 1.99. The number of aliphatic hydroxyl groups excluding tert-OH is 1. The molecule has 1 aliphatic carbocycles. The lowest BCUT2D eigenvalue weighted by Gasteiger charge is -2.25. The number of hydrogen-bond acceptors (Lipinski definition) is 2. The highest BCUT2D eigenvalue weighted by atomic mass is 16.5. The summed E-state index contributed by atoms with van der Waals surface area (Å²) in [4.78, 5) is 0. The van der Waals surface area contributed by atoms with E-state index >= 15 is 0 Å². The van der Waals surface area contributed by atoms with Crippen molar-refractivity contribution in [1.82, 2.24) is 0 Å². The summed E-state index contributed by atoms with van der Waals surface area (Å²) in [5.74, 6) is 0.804. The summed E-state index contributed by atoms with van der Waals surface area (Å²) in [6, 6.07) is 16.4. The Morgan fingerprint density at radius 3 is 2.48 bits per heavy atom. The minimum absolute atomic E-state index is 0.138. The summed E-state index contributed by atoms with van der Waals surface area (Å²) < 4.78 is 5.71. The fraction of sp³-hybridized carbons (Fsp3) is 0.368. The predicted molar refractivity (Wildman–Crippen MR) is 84.7 cm³/mol. The average molecular weight is 282 g/mol. The highest BCUT2D eigenvalue weighted by molar-refractivity contribution is 5.44. The molecule has 0 aliphatic heterocycles. The SMILES string of the molecule is CCOc1ccc(C)cc1C(O)C1(c2ccccc2)CC1. The van der Waals surface area contributed by atoms with Crippen molar-refractivity contribution in [3.8, 4) is 5.75 Å². The third kappa shape index (κ3) is 2.56. The van der Waals surface area contributed by atoms with Gasteiger partial charge in [0.2, 0.25) is 0 Å². The molecule has 0 heterocycles. The van der Waals surface area contributed by atoms with Gasteiger partial charge in [0.15, 0.2) is 0 Å². The van der Waals surface area contributed by atoms with Crippen molar-refractivity contribution in [2.45, 2.75) is 38.2 Å². The summed E-state index contributed by atoms with van der Waals surface area (Å²) in [5, 5.41) is 11.0. The Labute approximate surface area is 126 Å². The summed E-state index contributed by atoms with van der Waals surface area (Å²) in [5.41, 5.74) is 3.15. The number of aliphatic hydroxyl groups is 1. The molecule has 1 N–H and O–H groups in total. The second-order valence-corrected chi connectivity index (χ2v) is 5.90. The molecule has 0 radical (unpaired) electrons. The molecule has 3 rings (SSSR count). The van der Waals surface area contributed by atoms with E-state index in [-0.39, 0.29) is 5.41 Å².